The molecule has 4 heteroatoms. The van der Waals surface area contributed by atoms with Crippen molar-refractivity contribution in [1.82, 2.24) is 4.90 Å². The first-order valence-electron chi connectivity index (χ1n) is 7.97. The summed E-state index contributed by atoms with van der Waals surface area (Å²) >= 11 is 8.40. The number of benzene rings is 2. The second kappa shape index (κ2) is 7.97. The summed E-state index contributed by atoms with van der Waals surface area (Å²) in [4.78, 5) is 2.36. The number of rotatable bonds is 4. The van der Waals surface area contributed by atoms with Crippen molar-refractivity contribution in [3.05, 3.63) is 68.3 Å². The Bertz CT molecular complexity index is 638. The fourth-order valence-electron chi connectivity index (χ4n) is 2.97. The Morgan fingerprint density at radius 2 is 1.78 bits per heavy atom. The minimum atomic E-state index is -0.0320. The summed E-state index contributed by atoms with van der Waals surface area (Å²) in [5, 5.41) is 0.759. The maximum Gasteiger partial charge on any atom is 0.108 e. The molecule has 122 valence electrons. The molecule has 23 heavy (non-hydrogen) atoms. The van der Waals surface area contributed by atoms with Crippen LogP contribution in [-0.4, -0.2) is 31.1 Å². The summed E-state index contributed by atoms with van der Waals surface area (Å²) < 4.78 is 7.76. The maximum atomic E-state index is 6.53. The van der Waals surface area contributed by atoms with Crippen LogP contribution in [0.2, 0.25) is 5.02 Å². The molecule has 0 bridgehead atoms. The van der Waals surface area contributed by atoms with E-state index in [2.05, 4.69) is 70.9 Å². The standard InChI is InChI=1S/C19H21ClINO/c1-22-11-9-18(10-12-22)23-19(14-5-7-16(20)8-6-14)15-3-2-4-17(21)13-15/h2-8,13,18-19H,9-12H2,1H3. The topological polar surface area (TPSA) is 12.5 Å². The minimum Gasteiger partial charge on any atom is -0.365 e. The molecule has 0 N–H and O–H groups in total. The quantitative estimate of drug-likeness (QED) is 0.609. The number of piperidine rings is 1. The van der Waals surface area contributed by atoms with Crippen LogP contribution in [0, 0.1) is 3.57 Å². The zero-order valence-corrected chi connectivity index (χ0v) is 16.1. The van der Waals surface area contributed by atoms with Gasteiger partial charge in [-0.15, -0.1) is 0 Å². The first-order valence-corrected chi connectivity index (χ1v) is 9.42. The highest BCUT2D eigenvalue weighted by Crippen LogP contribution is 2.31. The van der Waals surface area contributed by atoms with Gasteiger partial charge in [0.1, 0.15) is 6.10 Å². The Balaban J connectivity index is 1.85. The van der Waals surface area contributed by atoms with Crippen LogP contribution >= 0.6 is 34.2 Å². The molecule has 1 aliphatic heterocycles. The van der Waals surface area contributed by atoms with Gasteiger partial charge in [-0.05, 0) is 77.9 Å². The van der Waals surface area contributed by atoms with Gasteiger partial charge in [-0.25, -0.2) is 0 Å². The van der Waals surface area contributed by atoms with Crippen molar-refractivity contribution in [3.63, 3.8) is 0 Å². The molecular weight excluding hydrogens is 421 g/mol. The van der Waals surface area contributed by atoms with Gasteiger partial charge in [0.05, 0.1) is 6.10 Å². The molecule has 1 heterocycles. The van der Waals surface area contributed by atoms with E-state index in [1.807, 2.05) is 12.1 Å². The lowest BCUT2D eigenvalue weighted by atomic mass is 10.00. The third-order valence-corrected chi connectivity index (χ3v) is 5.24. The van der Waals surface area contributed by atoms with Crippen molar-refractivity contribution in [3.8, 4) is 0 Å². The molecule has 1 atom stereocenters. The molecule has 0 radical (unpaired) electrons. The van der Waals surface area contributed by atoms with Crippen LogP contribution in [0.1, 0.15) is 30.1 Å². The Labute approximate surface area is 156 Å². The van der Waals surface area contributed by atoms with Crippen LogP contribution in [0.4, 0.5) is 0 Å². The van der Waals surface area contributed by atoms with E-state index in [1.54, 1.807) is 0 Å². The fraction of sp³-hybridized carbons (Fsp3) is 0.368. The molecule has 2 aromatic carbocycles. The van der Waals surface area contributed by atoms with Crippen LogP contribution < -0.4 is 0 Å². The van der Waals surface area contributed by atoms with Crippen LogP contribution in [0.15, 0.2) is 48.5 Å². The number of hydrogen-bond donors (Lipinski definition) is 0. The Morgan fingerprint density at radius 3 is 2.43 bits per heavy atom. The molecule has 2 aromatic rings. The van der Waals surface area contributed by atoms with E-state index < -0.39 is 0 Å². The summed E-state index contributed by atoms with van der Waals surface area (Å²) in [5.41, 5.74) is 2.37. The van der Waals surface area contributed by atoms with Gasteiger partial charge in [0.25, 0.3) is 0 Å². The Hall–Kier alpha value is -0.620. The summed E-state index contributed by atoms with van der Waals surface area (Å²) in [6.45, 7) is 2.20. The van der Waals surface area contributed by atoms with E-state index in [4.69, 9.17) is 16.3 Å². The van der Waals surface area contributed by atoms with Crippen molar-refractivity contribution in [1.29, 1.82) is 0 Å². The molecule has 0 saturated carbocycles. The van der Waals surface area contributed by atoms with Crippen LogP contribution in [-0.2, 0) is 4.74 Å². The van der Waals surface area contributed by atoms with Crippen molar-refractivity contribution in [2.75, 3.05) is 20.1 Å². The maximum absolute atomic E-state index is 6.53. The summed E-state index contributed by atoms with van der Waals surface area (Å²) in [6, 6.07) is 16.6. The van der Waals surface area contributed by atoms with Gasteiger partial charge in [0.15, 0.2) is 0 Å². The van der Waals surface area contributed by atoms with Crippen molar-refractivity contribution in [2.45, 2.75) is 25.0 Å². The fourth-order valence-corrected chi connectivity index (χ4v) is 3.66. The lowest BCUT2D eigenvalue weighted by Gasteiger charge is -2.32. The average molecular weight is 442 g/mol. The number of likely N-dealkylation sites (tertiary alicyclic amines) is 1. The molecule has 1 aliphatic rings. The molecule has 1 unspecified atom stereocenters. The predicted molar refractivity (Wildman–Crippen MR) is 104 cm³/mol. The highest BCUT2D eigenvalue weighted by Gasteiger charge is 2.23. The van der Waals surface area contributed by atoms with E-state index in [0.717, 1.165) is 36.5 Å². The zero-order chi connectivity index (χ0) is 16.2. The van der Waals surface area contributed by atoms with Crippen LogP contribution in [0.5, 0.6) is 0 Å². The molecule has 0 aromatic heterocycles. The average Bonchev–Trinajstić information content (AvgIpc) is 2.55. The summed E-state index contributed by atoms with van der Waals surface area (Å²) in [5.74, 6) is 0. The van der Waals surface area contributed by atoms with E-state index in [9.17, 15) is 0 Å². The molecule has 1 saturated heterocycles. The van der Waals surface area contributed by atoms with Gasteiger partial charge >= 0.3 is 0 Å². The van der Waals surface area contributed by atoms with Crippen molar-refractivity contribution >= 4 is 34.2 Å². The first kappa shape index (κ1) is 17.2. The number of nitrogens with zero attached hydrogens (tertiary/aromatic N) is 1. The Morgan fingerprint density at radius 1 is 1.09 bits per heavy atom. The highest BCUT2D eigenvalue weighted by molar-refractivity contribution is 14.1. The van der Waals surface area contributed by atoms with Gasteiger partial charge in [-0.1, -0.05) is 35.9 Å². The number of ether oxygens (including phenoxy) is 1. The van der Waals surface area contributed by atoms with Crippen LogP contribution in [0.25, 0.3) is 0 Å². The van der Waals surface area contributed by atoms with Crippen molar-refractivity contribution in [2.24, 2.45) is 0 Å². The number of halogens is 2. The highest BCUT2D eigenvalue weighted by atomic mass is 127. The Kier molecular flexibility index (Phi) is 5.96. The van der Waals surface area contributed by atoms with Gasteiger partial charge in [0.2, 0.25) is 0 Å². The third kappa shape index (κ3) is 4.69. The van der Waals surface area contributed by atoms with E-state index in [-0.39, 0.29) is 6.10 Å². The molecule has 2 nitrogen and oxygen atoms in total. The van der Waals surface area contributed by atoms with E-state index in [1.165, 1.54) is 9.13 Å². The largest absolute Gasteiger partial charge is 0.365 e. The molecule has 0 spiro atoms. The first-order chi connectivity index (χ1) is 11.1. The lowest BCUT2D eigenvalue weighted by Crippen LogP contribution is -2.35. The second-order valence-corrected chi connectivity index (χ2v) is 7.81. The molecule has 1 fully saturated rings. The van der Waals surface area contributed by atoms with Gasteiger partial charge in [-0.2, -0.15) is 0 Å². The third-order valence-electron chi connectivity index (χ3n) is 4.32. The molecular formula is C19H21ClINO. The minimum absolute atomic E-state index is 0.0320. The van der Waals surface area contributed by atoms with E-state index in [0.29, 0.717) is 6.10 Å². The normalized spacial score (nSPS) is 18.0. The van der Waals surface area contributed by atoms with E-state index >= 15 is 0 Å². The van der Waals surface area contributed by atoms with Gasteiger partial charge in [0, 0.05) is 21.7 Å². The smallest absolute Gasteiger partial charge is 0.108 e. The molecule has 0 amide bonds. The zero-order valence-electron chi connectivity index (χ0n) is 13.2. The predicted octanol–water partition coefficient (Wildman–Crippen LogP) is 5.14. The summed E-state index contributed by atoms with van der Waals surface area (Å²) in [7, 11) is 2.17. The van der Waals surface area contributed by atoms with Crippen LogP contribution in [0.3, 0.4) is 0 Å². The monoisotopic (exact) mass is 441 g/mol. The SMILES string of the molecule is CN1CCC(OC(c2ccc(Cl)cc2)c2cccc(I)c2)CC1. The van der Waals surface area contributed by atoms with Gasteiger partial charge < -0.3 is 9.64 Å². The summed E-state index contributed by atoms with van der Waals surface area (Å²) in [6.07, 6.45) is 2.45. The van der Waals surface area contributed by atoms with Crippen molar-refractivity contribution < 1.29 is 4.74 Å². The van der Waals surface area contributed by atoms with Gasteiger partial charge in [-0.3, -0.25) is 0 Å². The second-order valence-electron chi connectivity index (χ2n) is 6.13. The molecule has 3 rings (SSSR count). The molecule has 0 aliphatic carbocycles. The lowest BCUT2D eigenvalue weighted by molar-refractivity contribution is -0.0234. The number of hydrogen-bond acceptors (Lipinski definition) is 2.